The Morgan fingerprint density at radius 1 is 1.44 bits per heavy atom. The number of nitro groups is 1. The lowest BCUT2D eigenvalue weighted by molar-refractivity contribution is -0.384. The SMILES string of the molecule is CC(C)(C)ONC(=O)c1ccc([N+](=O)[O-])cc1Cl. The zero-order valence-electron chi connectivity index (χ0n) is 10.2. The maximum atomic E-state index is 11.7. The number of nitrogens with zero attached hydrogens (tertiary/aromatic N) is 1. The topological polar surface area (TPSA) is 81.5 Å². The first-order chi connectivity index (χ1) is 8.20. The van der Waals surface area contributed by atoms with Crippen molar-refractivity contribution in [1.82, 2.24) is 5.48 Å². The summed E-state index contributed by atoms with van der Waals surface area (Å²) in [5.74, 6) is -0.551. The van der Waals surface area contributed by atoms with Crippen LogP contribution >= 0.6 is 11.6 Å². The molecule has 0 heterocycles. The summed E-state index contributed by atoms with van der Waals surface area (Å²) < 4.78 is 0. The first-order valence-electron chi connectivity index (χ1n) is 5.13. The maximum absolute atomic E-state index is 11.7. The van der Waals surface area contributed by atoms with E-state index in [1.54, 1.807) is 20.8 Å². The lowest BCUT2D eigenvalue weighted by Gasteiger charge is -2.19. The van der Waals surface area contributed by atoms with Crippen LogP contribution in [0, 0.1) is 10.1 Å². The molecule has 1 aromatic rings. The average molecular weight is 273 g/mol. The van der Waals surface area contributed by atoms with Gasteiger partial charge < -0.3 is 0 Å². The van der Waals surface area contributed by atoms with Gasteiger partial charge in [-0.2, -0.15) is 0 Å². The van der Waals surface area contributed by atoms with E-state index in [0.717, 1.165) is 6.07 Å². The monoisotopic (exact) mass is 272 g/mol. The Bertz CT molecular complexity index is 482. The van der Waals surface area contributed by atoms with Crippen molar-refractivity contribution < 1.29 is 14.6 Å². The second-order valence-corrected chi connectivity index (χ2v) is 4.97. The molecular formula is C11H13ClN2O4. The Kier molecular flexibility index (Phi) is 4.26. The number of hydrogen-bond donors (Lipinski definition) is 1. The van der Waals surface area contributed by atoms with E-state index in [1.165, 1.54) is 12.1 Å². The summed E-state index contributed by atoms with van der Waals surface area (Å²) >= 11 is 5.80. The molecule has 6 nitrogen and oxygen atoms in total. The van der Waals surface area contributed by atoms with Crippen LogP contribution in [0.1, 0.15) is 31.1 Å². The average Bonchev–Trinajstić information content (AvgIpc) is 2.24. The van der Waals surface area contributed by atoms with E-state index >= 15 is 0 Å². The molecule has 7 heteroatoms. The summed E-state index contributed by atoms with van der Waals surface area (Å²) in [6, 6.07) is 3.60. The van der Waals surface area contributed by atoms with E-state index in [2.05, 4.69) is 5.48 Å². The predicted octanol–water partition coefficient (Wildman–Crippen LogP) is 2.71. The Labute approximate surface area is 109 Å². The molecule has 0 aromatic heterocycles. The fraction of sp³-hybridized carbons (Fsp3) is 0.364. The van der Waals surface area contributed by atoms with E-state index in [0.29, 0.717) is 0 Å². The van der Waals surface area contributed by atoms with Crippen molar-refractivity contribution in [3.63, 3.8) is 0 Å². The maximum Gasteiger partial charge on any atom is 0.276 e. The summed E-state index contributed by atoms with van der Waals surface area (Å²) in [4.78, 5) is 26.7. The van der Waals surface area contributed by atoms with Gasteiger partial charge in [0.1, 0.15) is 0 Å². The normalized spacial score (nSPS) is 11.1. The van der Waals surface area contributed by atoms with Crippen molar-refractivity contribution in [1.29, 1.82) is 0 Å². The molecule has 0 aliphatic carbocycles. The van der Waals surface area contributed by atoms with Crippen LogP contribution in [0.2, 0.25) is 5.02 Å². The van der Waals surface area contributed by atoms with Gasteiger partial charge in [-0.1, -0.05) is 11.6 Å². The van der Waals surface area contributed by atoms with Gasteiger partial charge in [-0.15, -0.1) is 0 Å². The third-order valence-corrected chi connectivity index (χ3v) is 2.17. The molecule has 0 saturated heterocycles. The second-order valence-electron chi connectivity index (χ2n) is 4.57. The highest BCUT2D eigenvalue weighted by Gasteiger charge is 2.17. The smallest absolute Gasteiger partial charge is 0.268 e. The fourth-order valence-corrected chi connectivity index (χ4v) is 1.32. The molecule has 1 rings (SSSR count). The Morgan fingerprint density at radius 3 is 2.50 bits per heavy atom. The number of carbonyl (C=O) groups excluding carboxylic acids is 1. The van der Waals surface area contributed by atoms with Crippen LogP contribution in [0.4, 0.5) is 5.69 Å². The van der Waals surface area contributed by atoms with Crippen LogP contribution in [-0.2, 0) is 4.84 Å². The van der Waals surface area contributed by atoms with Gasteiger partial charge >= 0.3 is 0 Å². The molecule has 0 aliphatic heterocycles. The van der Waals surface area contributed by atoms with Gasteiger partial charge in [0.2, 0.25) is 0 Å². The molecule has 0 aliphatic rings. The Balaban J connectivity index is 2.84. The highest BCUT2D eigenvalue weighted by Crippen LogP contribution is 2.22. The number of amides is 1. The van der Waals surface area contributed by atoms with Crippen molar-refractivity contribution in [3.8, 4) is 0 Å². The largest absolute Gasteiger partial charge is 0.276 e. The summed E-state index contributed by atoms with van der Waals surface area (Å²) in [5, 5.41) is 10.5. The van der Waals surface area contributed by atoms with Crippen LogP contribution in [-0.4, -0.2) is 16.4 Å². The van der Waals surface area contributed by atoms with Crippen molar-refractivity contribution in [2.24, 2.45) is 0 Å². The molecular weight excluding hydrogens is 260 g/mol. The number of hydrogen-bond acceptors (Lipinski definition) is 4. The molecule has 1 N–H and O–H groups in total. The number of benzene rings is 1. The van der Waals surface area contributed by atoms with E-state index in [1.807, 2.05) is 0 Å². The highest BCUT2D eigenvalue weighted by molar-refractivity contribution is 6.34. The lowest BCUT2D eigenvalue weighted by atomic mass is 10.2. The summed E-state index contributed by atoms with van der Waals surface area (Å²) in [6.07, 6.45) is 0. The van der Waals surface area contributed by atoms with E-state index in [-0.39, 0.29) is 16.3 Å². The zero-order chi connectivity index (χ0) is 13.9. The fourth-order valence-electron chi connectivity index (χ4n) is 1.06. The van der Waals surface area contributed by atoms with Crippen LogP contribution in [0.15, 0.2) is 18.2 Å². The number of non-ortho nitro benzene ring substituents is 1. The lowest BCUT2D eigenvalue weighted by Crippen LogP contribution is -2.33. The molecule has 1 aromatic carbocycles. The summed E-state index contributed by atoms with van der Waals surface area (Å²) in [6.45, 7) is 5.31. The molecule has 0 bridgehead atoms. The van der Waals surface area contributed by atoms with Crippen molar-refractivity contribution in [2.45, 2.75) is 26.4 Å². The van der Waals surface area contributed by atoms with Gasteiger partial charge in [-0.25, -0.2) is 5.48 Å². The molecule has 0 unspecified atom stereocenters. The third-order valence-electron chi connectivity index (χ3n) is 1.86. The van der Waals surface area contributed by atoms with Gasteiger partial charge in [0.25, 0.3) is 11.6 Å². The minimum absolute atomic E-state index is 0.000732. The van der Waals surface area contributed by atoms with Gasteiger partial charge in [-0.05, 0) is 26.8 Å². The third kappa shape index (κ3) is 3.97. The van der Waals surface area contributed by atoms with E-state index < -0.39 is 16.4 Å². The first-order valence-corrected chi connectivity index (χ1v) is 5.51. The van der Waals surface area contributed by atoms with Crippen molar-refractivity contribution in [2.75, 3.05) is 0 Å². The number of halogens is 1. The van der Waals surface area contributed by atoms with Gasteiger partial charge in [0, 0.05) is 12.1 Å². The number of carbonyl (C=O) groups is 1. The Morgan fingerprint density at radius 2 is 2.06 bits per heavy atom. The quantitative estimate of drug-likeness (QED) is 0.677. The number of hydroxylamine groups is 1. The van der Waals surface area contributed by atoms with Gasteiger partial charge in [0.15, 0.2) is 0 Å². The van der Waals surface area contributed by atoms with E-state index in [9.17, 15) is 14.9 Å². The molecule has 0 saturated carbocycles. The minimum atomic E-state index is -0.584. The molecule has 18 heavy (non-hydrogen) atoms. The molecule has 0 radical (unpaired) electrons. The van der Waals surface area contributed by atoms with Crippen LogP contribution in [0.3, 0.4) is 0 Å². The molecule has 98 valence electrons. The number of nitrogens with one attached hydrogen (secondary N) is 1. The molecule has 1 amide bonds. The first kappa shape index (κ1) is 14.4. The molecule has 0 spiro atoms. The standard InChI is InChI=1S/C11H13ClN2O4/c1-11(2,3)18-13-10(15)8-5-4-7(14(16)17)6-9(8)12/h4-6H,1-3H3,(H,13,15). The van der Waals surface area contributed by atoms with Crippen LogP contribution in [0.5, 0.6) is 0 Å². The molecule has 0 fully saturated rings. The summed E-state index contributed by atoms with van der Waals surface area (Å²) in [5.41, 5.74) is 1.64. The minimum Gasteiger partial charge on any atom is -0.268 e. The zero-order valence-corrected chi connectivity index (χ0v) is 10.9. The highest BCUT2D eigenvalue weighted by atomic mass is 35.5. The van der Waals surface area contributed by atoms with Crippen molar-refractivity contribution >= 4 is 23.2 Å². The number of nitro benzene ring substituents is 1. The van der Waals surface area contributed by atoms with Crippen molar-refractivity contribution in [3.05, 3.63) is 38.9 Å². The van der Waals surface area contributed by atoms with Crippen LogP contribution in [0.25, 0.3) is 0 Å². The van der Waals surface area contributed by atoms with Gasteiger partial charge in [0.05, 0.1) is 21.1 Å². The second kappa shape index (κ2) is 5.32. The summed E-state index contributed by atoms with van der Waals surface area (Å²) in [7, 11) is 0. The van der Waals surface area contributed by atoms with Gasteiger partial charge in [-0.3, -0.25) is 19.7 Å². The number of rotatable bonds is 3. The Hall–Kier alpha value is -1.66. The van der Waals surface area contributed by atoms with E-state index in [4.69, 9.17) is 16.4 Å². The van der Waals surface area contributed by atoms with Crippen LogP contribution < -0.4 is 5.48 Å². The predicted molar refractivity (Wildman–Crippen MR) is 66.4 cm³/mol. The molecule has 0 atom stereocenters.